The summed E-state index contributed by atoms with van der Waals surface area (Å²) >= 11 is 3.49. The Kier molecular flexibility index (Phi) is 4.57. The van der Waals surface area contributed by atoms with Crippen molar-refractivity contribution in [3.05, 3.63) is 40.4 Å². The van der Waals surface area contributed by atoms with Crippen molar-refractivity contribution in [2.24, 2.45) is 5.92 Å². The van der Waals surface area contributed by atoms with Gasteiger partial charge in [-0.25, -0.2) is 0 Å². The van der Waals surface area contributed by atoms with Crippen LogP contribution in [0.5, 0.6) is 0 Å². The molecule has 1 heterocycles. The van der Waals surface area contributed by atoms with Crippen LogP contribution in [-0.4, -0.2) is 24.8 Å². The molecular formula is C17H19BrO3. The second-order valence-corrected chi connectivity index (χ2v) is 6.49. The van der Waals surface area contributed by atoms with Gasteiger partial charge in [0.1, 0.15) is 0 Å². The van der Waals surface area contributed by atoms with E-state index in [1.54, 1.807) is 6.08 Å². The summed E-state index contributed by atoms with van der Waals surface area (Å²) in [5, 5.41) is 0. The van der Waals surface area contributed by atoms with Crippen LogP contribution >= 0.6 is 15.9 Å². The number of halogens is 1. The number of benzene rings is 1. The number of ether oxygens (including phenoxy) is 2. The number of carbonyl (C=O) groups is 1. The summed E-state index contributed by atoms with van der Waals surface area (Å²) < 4.78 is 12.4. The minimum absolute atomic E-state index is 0.0992. The van der Waals surface area contributed by atoms with Crippen molar-refractivity contribution in [3.8, 4) is 0 Å². The fraction of sp³-hybridized carbons (Fsp3) is 0.471. The molecule has 3 rings (SSSR count). The Balaban J connectivity index is 1.58. The summed E-state index contributed by atoms with van der Waals surface area (Å²) in [6, 6.07) is 7.90. The molecule has 1 aromatic carbocycles. The summed E-state index contributed by atoms with van der Waals surface area (Å²) in [5.41, 5.74) is 1.03. The van der Waals surface area contributed by atoms with Crippen molar-refractivity contribution < 1.29 is 14.3 Å². The molecule has 1 saturated carbocycles. The van der Waals surface area contributed by atoms with Gasteiger partial charge in [-0.15, -0.1) is 0 Å². The maximum absolute atomic E-state index is 12.3. The van der Waals surface area contributed by atoms with E-state index >= 15 is 0 Å². The Hall–Kier alpha value is -0.970. The first kappa shape index (κ1) is 14.9. The smallest absolute Gasteiger partial charge is 0.168 e. The molecule has 1 spiro atoms. The van der Waals surface area contributed by atoms with Crippen LogP contribution in [0.4, 0.5) is 0 Å². The zero-order valence-electron chi connectivity index (χ0n) is 11.9. The Morgan fingerprint density at radius 3 is 2.52 bits per heavy atom. The second-order valence-electron chi connectivity index (χ2n) is 5.64. The summed E-state index contributed by atoms with van der Waals surface area (Å²) in [7, 11) is 0. The minimum Gasteiger partial charge on any atom is -0.348 e. The SMILES string of the molecule is O=C(/C=C/c1ccccc1Br)C1CCC2(CC1)OCCO2. The quantitative estimate of drug-likeness (QED) is 0.774. The van der Waals surface area contributed by atoms with Gasteiger partial charge in [0.25, 0.3) is 0 Å². The molecule has 1 aromatic rings. The maximum Gasteiger partial charge on any atom is 0.168 e. The second kappa shape index (κ2) is 6.42. The van der Waals surface area contributed by atoms with Crippen molar-refractivity contribution in [2.75, 3.05) is 13.2 Å². The van der Waals surface area contributed by atoms with E-state index in [0.717, 1.165) is 35.7 Å². The standard InChI is InChI=1S/C17H19BrO3/c18-15-4-2-1-3-13(15)5-6-16(19)14-7-9-17(10-8-14)20-11-12-21-17/h1-6,14H,7-12H2/b6-5+. The Morgan fingerprint density at radius 1 is 1.19 bits per heavy atom. The van der Waals surface area contributed by atoms with Crippen molar-refractivity contribution in [3.63, 3.8) is 0 Å². The van der Waals surface area contributed by atoms with E-state index < -0.39 is 0 Å². The van der Waals surface area contributed by atoms with Crippen LogP contribution in [0.2, 0.25) is 0 Å². The Morgan fingerprint density at radius 2 is 1.86 bits per heavy atom. The van der Waals surface area contributed by atoms with Crippen LogP contribution in [0.15, 0.2) is 34.8 Å². The fourth-order valence-electron chi connectivity index (χ4n) is 3.05. The summed E-state index contributed by atoms with van der Waals surface area (Å²) in [6.45, 7) is 1.36. The van der Waals surface area contributed by atoms with Crippen LogP contribution in [0, 0.1) is 5.92 Å². The normalized spacial score (nSPS) is 22.1. The first-order chi connectivity index (χ1) is 10.2. The van der Waals surface area contributed by atoms with Gasteiger partial charge in [-0.05, 0) is 30.5 Å². The number of hydrogen-bond donors (Lipinski definition) is 0. The highest BCUT2D eigenvalue weighted by molar-refractivity contribution is 9.10. The van der Waals surface area contributed by atoms with E-state index in [0.29, 0.717) is 13.2 Å². The highest BCUT2D eigenvalue weighted by Gasteiger charge is 2.41. The molecule has 3 nitrogen and oxygen atoms in total. The van der Waals surface area contributed by atoms with Crippen LogP contribution in [0.3, 0.4) is 0 Å². The van der Waals surface area contributed by atoms with Crippen LogP contribution < -0.4 is 0 Å². The van der Waals surface area contributed by atoms with Crippen LogP contribution in [0.25, 0.3) is 6.08 Å². The predicted octanol–water partition coefficient (Wildman–Crippen LogP) is 3.96. The molecule has 0 N–H and O–H groups in total. The molecular weight excluding hydrogens is 332 g/mol. The lowest BCUT2D eigenvalue weighted by molar-refractivity contribution is -0.182. The number of hydrogen-bond acceptors (Lipinski definition) is 3. The minimum atomic E-state index is -0.386. The van der Waals surface area contributed by atoms with Gasteiger partial charge in [0.15, 0.2) is 11.6 Å². The first-order valence-corrected chi connectivity index (χ1v) is 8.22. The van der Waals surface area contributed by atoms with E-state index in [1.165, 1.54) is 0 Å². The van der Waals surface area contributed by atoms with E-state index in [2.05, 4.69) is 15.9 Å². The zero-order valence-corrected chi connectivity index (χ0v) is 13.5. The van der Waals surface area contributed by atoms with E-state index in [9.17, 15) is 4.79 Å². The molecule has 0 radical (unpaired) electrons. The molecule has 0 amide bonds. The molecule has 1 aliphatic carbocycles. The molecule has 2 fully saturated rings. The van der Waals surface area contributed by atoms with Gasteiger partial charge >= 0.3 is 0 Å². The summed E-state index contributed by atoms with van der Waals surface area (Å²) in [6.07, 6.45) is 6.94. The van der Waals surface area contributed by atoms with Gasteiger partial charge in [-0.2, -0.15) is 0 Å². The van der Waals surface area contributed by atoms with E-state index in [1.807, 2.05) is 30.3 Å². The molecule has 1 saturated heterocycles. The third kappa shape index (κ3) is 3.44. The molecule has 21 heavy (non-hydrogen) atoms. The van der Waals surface area contributed by atoms with Gasteiger partial charge in [-0.1, -0.05) is 40.2 Å². The third-order valence-corrected chi connectivity index (χ3v) is 5.02. The molecule has 1 aliphatic heterocycles. The highest BCUT2D eigenvalue weighted by Crippen LogP contribution is 2.38. The number of allylic oxidation sites excluding steroid dienone is 1. The predicted molar refractivity (Wildman–Crippen MR) is 84.8 cm³/mol. The molecule has 112 valence electrons. The third-order valence-electron chi connectivity index (χ3n) is 4.30. The summed E-state index contributed by atoms with van der Waals surface area (Å²) in [5.74, 6) is -0.0797. The molecule has 0 aromatic heterocycles. The first-order valence-electron chi connectivity index (χ1n) is 7.43. The zero-order chi connectivity index (χ0) is 14.7. The van der Waals surface area contributed by atoms with Crippen molar-refractivity contribution in [1.29, 1.82) is 0 Å². The number of rotatable bonds is 3. The number of carbonyl (C=O) groups excluding carboxylic acids is 1. The lowest BCUT2D eigenvalue weighted by Gasteiger charge is -2.34. The topological polar surface area (TPSA) is 35.5 Å². The monoisotopic (exact) mass is 350 g/mol. The average Bonchev–Trinajstić information content (AvgIpc) is 2.95. The molecule has 0 atom stereocenters. The van der Waals surface area contributed by atoms with Gasteiger partial charge in [0, 0.05) is 23.2 Å². The Labute approximate surface area is 133 Å². The Bertz CT molecular complexity index is 537. The lowest BCUT2D eigenvalue weighted by atomic mass is 9.82. The summed E-state index contributed by atoms with van der Waals surface area (Å²) in [4.78, 5) is 12.3. The molecule has 2 aliphatic rings. The maximum atomic E-state index is 12.3. The van der Waals surface area contributed by atoms with Crippen molar-refractivity contribution in [2.45, 2.75) is 31.5 Å². The van der Waals surface area contributed by atoms with Gasteiger partial charge < -0.3 is 9.47 Å². The lowest BCUT2D eigenvalue weighted by Crippen LogP contribution is -2.36. The molecule has 4 heteroatoms. The largest absolute Gasteiger partial charge is 0.348 e. The van der Waals surface area contributed by atoms with Crippen LogP contribution in [-0.2, 0) is 14.3 Å². The molecule has 0 bridgehead atoms. The van der Waals surface area contributed by atoms with Crippen LogP contribution in [0.1, 0.15) is 31.2 Å². The van der Waals surface area contributed by atoms with Crippen molar-refractivity contribution in [1.82, 2.24) is 0 Å². The average molecular weight is 351 g/mol. The van der Waals surface area contributed by atoms with Gasteiger partial charge in [0.05, 0.1) is 13.2 Å². The highest BCUT2D eigenvalue weighted by atomic mass is 79.9. The molecule has 0 unspecified atom stereocenters. The fourth-order valence-corrected chi connectivity index (χ4v) is 3.46. The van der Waals surface area contributed by atoms with E-state index in [4.69, 9.17) is 9.47 Å². The van der Waals surface area contributed by atoms with Gasteiger partial charge in [0.2, 0.25) is 0 Å². The number of ketones is 1. The van der Waals surface area contributed by atoms with Gasteiger partial charge in [-0.3, -0.25) is 4.79 Å². The van der Waals surface area contributed by atoms with E-state index in [-0.39, 0.29) is 17.5 Å². The van der Waals surface area contributed by atoms with Crippen molar-refractivity contribution >= 4 is 27.8 Å².